The van der Waals surface area contributed by atoms with Gasteiger partial charge in [0.15, 0.2) is 11.5 Å². The van der Waals surface area contributed by atoms with Crippen LogP contribution in [-0.4, -0.2) is 16.6 Å². The lowest BCUT2D eigenvalue weighted by molar-refractivity contribution is 0.174. The van der Waals surface area contributed by atoms with Crippen molar-refractivity contribution in [1.82, 2.24) is 15.1 Å². The topological polar surface area (TPSA) is 48.3 Å². The molecule has 1 aliphatic rings. The van der Waals surface area contributed by atoms with Crippen LogP contribution in [0.1, 0.15) is 28.1 Å². The lowest BCUT2D eigenvalue weighted by Gasteiger charge is -2.09. The van der Waals surface area contributed by atoms with Gasteiger partial charge >= 0.3 is 0 Å². The lowest BCUT2D eigenvalue weighted by atomic mass is 10.1. The Morgan fingerprint density at radius 2 is 1.89 bits per heavy atom. The summed E-state index contributed by atoms with van der Waals surface area (Å²) in [6, 6.07) is 13.9. The molecule has 0 saturated carbocycles. The number of hydrogen-bond acceptors (Lipinski definition) is 4. The SMILES string of the molecule is Cc1nn(Cc2ccccc2Cl)c(C)c1CNCc1ccc2c(c1)OCO2. The molecule has 0 radical (unpaired) electrons. The average molecular weight is 384 g/mol. The highest BCUT2D eigenvalue weighted by Crippen LogP contribution is 2.32. The summed E-state index contributed by atoms with van der Waals surface area (Å²) in [6.45, 7) is 6.64. The van der Waals surface area contributed by atoms with Crippen molar-refractivity contribution in [3.05, 3.63) is 75.6 Å². The fraction of sp³-hybridized carbons (Fsp3) is 0.286. The van der Waals surface area contributed by atoms with Crippen molar-refractivity contribution in [2.45, 2.75) is 33.5 Å². The number of aromatic nitrogens is 2. The molecule has 0 spiro atoms. The summed E-state index contributed by atoms with van der Waals surface area (Å²) in [5, 5.41) is 8.98. The smallest absolute Gasteiger partial charge is 0.231 e. The number of fused-ring (bicyclic) bond motifs is 1. The molecule has 1 aromatic heterocycles. The maximum Gasteiger partial charge on any atom is 0.231 e. The fourth-order valence-electron chi connectivity index (χ4n) is 3.31. The first-order valence-corrected chi connectivity index (χ1v) is 9.35. The summed E-state index contributed by atoms with van der Waals surface area (Å²) in [5.41, 5.74) is 5.66. The van der Waals surface area contributed by atoms with Crippen molar-refractivity contribution in [3.8, 4) is 11.5 Å². The third-order valence-corrected chi connectivity index (χ3v) is 5.25. The van der Waals surface area contributed by atoms with E-state index in [1.165, 1.54) is 5.56 Å². The van der Waals surface area contributed by atoms with E-state index in [0.29, 0.717) is 13.3 Å². The van der Waals surface area contributed by atoms with Crippen molar-refractivity contribution in [2.24, 2.45) is 0 Å². The van der Waals surface area contributed by atoms with E-state index in [9.17, 15) is 0 Å². The third-order valence-electron chi connectivity index (χ3n) is 4.88. The summed E-state index contributed by atoms with van der Waals surface area (Å²) in [4.78, 5) is 0. The van der Waals surface area contributed by atoms with E-state index < -0.39 is 0 Å². The van der Waals surface area contributed by atoms with Crippen LogP contribution in [0.25, 0.3) is 0 Å². The normalized spacial score (nSPS) is 12.6. The van der Waals surface area contributed by atoms with Crippen LogP contribution in [0.15, 0.2) is 42.5 Å². The van der Waals surface area contributed by atoms with Gasteiger partial charge in [-0.05, 0) is 43.2 Å². The summed E-state index contributed by atoms with van der Waals surface area (Å²) < 4.78 is 12.8. The minimum Gasteiger partial charge on any atom is -0.454 e. The van der Waals surface area contributed by atoms with E-state index in [1.807, 2.05) is 48.0 Å². The van der Waals surface area contributed by atoms with Gasteiger partial charge in [-0.3, -0.25) is 4.68 Å². The van der Waals surface area contributed by atoms with Gasteiger partial charge in [0, 0.05) is 29.4 Å². The molecule has 5 nitrogen and oxygen atoms in total. The van der Waals surface area contributed by atoms with Gasteiger partial charge in [-0.2, -0.15) is 5.10 Å². The second-order valence-corrected chi connectivity index (χ2v) is 7.10. The molecule has 0 saturated heterocycles. The molecule has 2 heterocycles. The van der Waals surface area contributed by atoms with E-state index in [4.69, 9.17) is 26.2 Å². The Kier molecular flexibility index (Phi) is 5.05. The molecule has 1 N–H and O–H groups in total. The monoisotopic (exact) mass is 383 g/mol. The van der Waals surface area contributed by atoms with E-state index in [1.54, 1.807) is 0 Å². The van der Waals surface area contributed by atoms with E-state index >= 15 is 0 Å². The van der Waals surface area contributed by atoms with Crippen LogP contribution in [0.5, 0.6) is 11.5 Å². The first kappa shape index (κ1) is 17.9. The van der Waals surface area contributed by atoms with Crippen LogP contribution in [0.3, 0.4) is 0 Å². The predicted molar refractivity (Wildman–Crippen MR) is 105 cm³/mol. The molecule has 0 amide bonds. The first-order valence-electron chi connectivity index (χ1n) is 8.97. The Morgan fingerprint density at radius 3 is 2.74 bits per heavy atom. The lowest BCUT2D eigenvalue weighted by Crippen LogP contribution is -2.14. The van der Waals surface area contributed by atoms with Gasteiger partial charge in [0.25, 0.3) is 0 Å². The van der Waals surface area contributed by atoms with E-state index in [0.717, 1.165) is 52.1 Å². The van der Waals surface area contributed by atoms with Crippen molar-refractivity contribution in [3.63, 3.8) is 0 Å². The van der Waals surface area contributed by atoms with Gasteiger partial charge in [-0.1, -0.05) is 35.9 Å². The van der Waals surface area contributed by atoms with Crippen LogP contribution in [0.4, 0.5) is 0 Å². The summed E-state index contributed by atoms with van der Waals surface area (Å²) in [5.74, 6) is 1.63. The number of hydrogen-bond donors (Lipinski definition) is 1. The van der Waals surface area contributed by atoms with Gasteiger partial charge in [-0.25, -0.2) is 0 Å². The summed E-state index contributed by atoms with van der Waals surface area (Å²) in [6.07, 6.45) is 0. The molecule has 2 aromatic carbocycles. The second-order valence-electron chi connectivity index (χ2n) is 6.69. The number of ether oxygens (including phenoxy) is 2. The first-order chi connectivity index (χ1) is 13.1. The highest BCUT2D eigenvalue weighted by Gasteiger charge is 2.14. The molecule has 0 fully saturated rings. The molecule has 140 valence electrons. The maximum absolute atomic E-state index is 6.29. The molecule has 4 rings (SSSR count). The average Bonchev–Trinajstić information content (AvgIpc) is 3.23. The number of aryl methyl sites for hydroxylation is 1. The van der Waals surface area contributed by atoms with Crippen LogP contribution >= 0.6 is 11.6 Å². The Hall–Kier alpha value is -2.50. The van der Waals surface area contributed by atoms with E-state index in [2.05, 4.69) is 18.3 Å². The van der Waals surface area contributed by atoms with Gasteiger partial charge < -0.3 is 14.8 Å². The van der Waals surface area contributed by atoms with Gasteiger partial charge in [0.2, 0.25) is 6.79 Å². The zero-order valence-electron chi connectivity index (χ0n) is 15.5. The van der Waals surface area contributed by atoms with E-state index in [-0.39, 0.29) is 0 Å². The largest absolute Gasteiger partial charge is 0.454 e. The third kappa shape index (κ3) is 3.80. The molecule has 6 heteroatoms. The highest BCUT2D eigenvalue weighted by molar-refractivity contribution is 6.31. The van der Waals surface area contributed by atoms with Crippen LogP contribution in [0.2, 0.25) is 5.02 Å². The van der Waals surface area contributed by atoms with Gasteiger partial charge in [0.1, 0.15) is 0 Å². The number of rotatable bonds is 6. The number of nitrogens with one attached hydrogen (secondary N) is 1. The molecule has 0 unspecified atom stereocenters. The summed E-state index contributed by atoms with van der Waals surface area (Å²) in [7, 11) is 0. The number of benzene rings is 2. The summed E-state index contributed by atoms with van der Waals surface area (Å²) >= 11 is 6.29. The molecule has 1 aliphatic heterocycles. The molecule has 0 aliphatic carbocycles. The van der Waals surface area contributed by atoms with Crippen molar-refractivity contribution in [1.29, 1.82) is 0 Å². The molecule has 0 atom stereocenters. The van der Waals surface area contributed by atoms with Gasteiger partial charge in [0.05, 0.1) is 12.2 Å². The number of nitrogens with zero attached hydrogens (tertiary/aromatic N) is 2. The molecule has 0 bridgehead atoms. The fourth-order valence-corrected chi connectivity index (χ4v) is 3.51. The Balaban J connectivity index is 1.42. The van der Waals surface area contributed by atoms with Crippen molar-refractivity contribution < 1.29 is 9.47 Å². The molecule has 27 heavy (non-hydrogen) atoms. The Labute approximate surface area is 163 Å². The quantitative estimate of drug-likeness (QED) is 0.692. The predicted octanol–water partition coefficient (Wildman–Crippen LogP) is 4.22. The van der Waals surface area contributed by atoms with Crippen LogP contribution in [0, 0.1) is 13.8 Å². The Morgan fingerprint density at radius 1 is 1.07 bits per heavy atom. The number of halogens is 1. The minimum atomic E-state index is 0.301. The minimum absolute atomic E-state index is 0.301. The van der Waals surface area contributed by atoms with Crippen molar-refractivity contribution in [2.75, 3.05) is 6.79 Å². The zero-order valence-corrected chi connectivity index (χ0v) is 16.2. The van der Waals surface area contributed by atoms with Crippen LogP contribution in [-0.2, 0) is 19.6 Å². The molecular weight excluding hydrogens is 362 g/mol. The Bertz CT molecular complexity index is 968. The highest BCUT2D eigenvalue weighted by atomic mass is 35.5. The molecular formula is C21H22ClN3O2. The van der Waals surface area contributed by atoms with Crippen molar-refractivity contribution >= 4 is 11.6 Å². The second kappa shape index (κ2) is 7.62. The molecule has 3 aromatic rings. The van der Waals surface area contributed by atoms with Crippen LogP contribution < -0.4 is 14.8 Å². The maximum atomic E-state index is 6.29. The zero-order chi connectivity index (χ0) is 18.8. The standard InChI is InChI=1S/C21H22ClN3O2/c1-14-18(11-23-10-16-7-8-20-21(9-16)27-13-26-20)15(2)25(24-14)12-17-5-3-4-6-19(17)22/h3-9,23H,10-13H2,1-2H3. The van der Waals surface area contributed by atoms with Gasteiger partial charge in [-0.15, -0.1) is 0 Å².